The van der Waals surface area contributed by atoms with E-state index in [1.165, 1.54) is 4.31 Å². The summed E-state index contributed by atoms with van der Waals surface area (Å²) in [5.41, 5.74) is 0.881. The molecule has 1 aliphatic heterocycles. The second-order valence-electron chi connectivity index (χ2n) is 6.05. The van der Waals surface area contributed by atoms with Crippen molar-refractivity contribution in [2.24, 2.45) is 0 Å². The van der Waals surface area contributed by atoms with E-state index in [9.17, 15) is 13.2 Å². The van der Waals surface area contributed by atoms with Crippen LogP contribution >= 0.6 is 0 Å². The third kappa shape index (κ3) is 3.45. The lowest BCUT2D eigenvalue weighted by Crippen LogP contribution is -2.50. The second-order valence-corrected chi connectivity index (χ2v) is 7.98. The van der Waals surface area contributed by atoms with Gasteiger partial charge in [-0.1, -0.05) is 17.7 Å². The van der Waals surface area contributed by atoms with Gasteiger partial charge in [-0.15, -0.1) is 0 Å². The Morgan fingerprint density at radius 3 is 2.32 bits per heavy atom. The Labute approximate surface area is 147 Å². The molecule has 0 aliphatic carbocycles. The number of piperazine rings is 1. The van der Waals surface area contributed by atoms with E-state index in [-0.39, 0.29) is 5.56 Å². The second kappa shape index (κ2) is 6.97. The van der Waals surface area contributed by atoms with E-state index in [2.05, 4.69) is 4.98 Å². The number of sulfonamides is 1. The highest BCUT2D eigenvalue weighted by Crippen LogP contribution is 2.19. The Kier molecular flexibility index (Phi) is 4.91. The molecule has 0 radical (unpaired) electrons. The molecule has 7 nitrogen and oxygen atoms in total. The van der Waals surface area contributed by atoms with Crippen LogP contribution in [0.15, 0.2) is 46.3 Å². The molecule has 25 heavy (non-hydrogen) atoms. The number of aryl methyl sites for hydroxylation is 2. The molecule has 0 N–H and O–H groups in total. The molecule has 1 fully saturated rings. The highest BCUT2D eigenvalue weighted by molar-refractivity contribution is 7.89. The van der Waals surface area contributed by atoms with Gasteiger partial charge in [0.05, 0.1) is 4.90 Å². The topological polar surface area (TPSA) is 75.5 Å². The highest BCUT2D eigenvalue weighted by Gasteiger charge is 2.29. The van der Waals surface area contributed by atoms with Crippen LogP contribution in [0.2, 0.25) is 0 Å². The molecular formula is C17H22N4O3S. The zero-order chi connectivity index (χ0) is 18.0. The van der Waals surface area contributed by atoms with Crippen LogP contribution in [0.1, 0.15) is 12.5 Å². The average molecular weight is 362 g/mol. The summed E-state index contributed by atoms with van der Waals surface area (Å²) in [5.74, 6) is 0.386. The van der Waals surface area contributed by atoms with Crippen LogP contribution in [-0.2, 0) is 16.6 Å². The van der Waals surface area contributed by atoms with E-state index < -0.39 is 10.0 Å². The van der Waals surface area contributed by atoms with Gasteiger partial charge in [0.2, 0.25) is 10.0 Å². The molecule has 3 rings (SSSR count). The molecule has 0 atom stereocenters. The first-order chi connectivity index (χ1) is 11.9. The van der Waals surface area contributed by atoms with Gasteiger partial charge >= 0.3 is 0 Å². The Balaban J connectivity index is 1.76. The standard InChI is InChI=1S/C17H22N4O3S/c1-3-19-9-8-18-16(17(19)22)20-10-12-21(13-11-20)25(23,24)15-6-4-14(2)5-7-15/h4-9H,3,10-13H2,1-2H3. The zero-order valence-corrected chi connectivity index (χ0v) is 15.2. The number of benzene rings is 1. The van der Waals surface area contributed by atoms with Crippen LogP contribution in [0.3, 0.4) is 0 Å². The van der Waals surface area contributed by atoms with E-state index in [4.69, 9.17) is 0 Å². The van der Waals surface area contributed by atoms with Crippen molar-refractivity contribution < 1.29 is 8.42 Å². The van der Waals surface area contributed by atoms with Gasteiger partial charge in [-0.25, -0.2) is 13.4 Å². The first-order valence-corrected chi connectivity index (χ1v) is 9.74. The number of nitrogens with zero attached hydrogens (tertiary/aromatic N) is 4. The smallest absolute Gasteiger partial charge is 0.293 e. The maximum Gasteiger partial charge on any atom is 0.293 e. The van der Waals surface area contributed by atoms with Crippen molar-refractivity contribution in [3.05, 3.63) is 52.6 Å². The van der Waals surface area contributed by atoms with Gasteiger partial charge in [0.1, 0.15) is 0 Å². The zero-order valence-electron chi connectivity index (χ0n) is 14.4. The van der Waals surface area contributed by atoms with Gasteiger partial charge < -0.3 is 9.47 Å². The van der Waals surface area contributed by atoms with Gasteiger partial charge in [-0.05, 0) is 26.0 Å². The summed E-state index contributed by atoms with van der Waals surface area (Å²) in [6.45, 7) is 5.96. The minimum Gasteiger partial charge on any atom is -0.349 e. The third-order valence-electron chi connectivity index (χ3n) is 4.43. The van der Waals surface area contributed by atoms with Crippen LogP contribution in [0, 0.1) is 6.92 Å². The quantitative estimate of drug-likeness (QED) is 0.814. The van der Waals surface area contributed by atoms with Gasteiger partial charge in [-0.3, -0.25) is 4.79 Å². The Bertz CT molecular complexity index is 898. The number of hydrogen-bond donors (Lipinski definition) is 0. The molecule has 0 saturated carbocycles. The van der Waals surface area contributed by atoms with Crippen molar-refractivity contribution in [3.8, 4) is 0 Å². The highest BCUT2D eigenvalue weighted by atomic mass is 32.2. The fraction of sp³-hybridized carbons (Fsp3) is 0.412. The van der Waals surface area contributed by atoms with Crippen LogP contribution < -0.4 is 10.5 Å². The maximum absolute atomic E-state index is 12.7. The summed E-state index contributed by atoms with van der Waals surface area (Å²) in [4.78, 5) is 18.7. The van der Waals surface area contributed by atoms with E-state index >= 15 is 0 Å². The predicted octanol–water partition coefficient (Wildman–Crippen LogP) is 1.08. The van der Waals surface area contributed by atoms with Crippen molar-refractivity contribution in [1.29, 1.82) is 0 Å². The van der Waals surface area contributed by atoms with Crippen LogP contribution in [0.4, 0.5) is 5.82 Å². The van der Waals surface area contributed by atoms with Crippen molar-refractivity contribution in [2.45, 2.75) is 25.3 Å². The summed E-state index contributed by atoms with van der Waals surface area (Å²) in [6, 6.07) is 6.86. The van der Waals surface area contributed by atoms with Crippen molar-refractivity contribution in [1.82, 2.24) is 13.9 Å². The molecular weight excluding hydrogens is 340 g/mol. The SMILES string of the molecule is CCn1ccnc(N2CCN(S(=O)(=O)c3ccc(C)cc3)CC2)c1=O. The first kappa shape index (κ1) is 17.6. The molecule has 0 amide bonds. The molecule has 1 aliphatic rings. The molecule has 2 heterocycles. The maximum atomic E-state index is 12.7. The minimum absolute atomic E-state index is 0.139. The molecule has 134 valence electrons. The molecule has 2 aromatic rings. The van der Waals surface area contributed by atoms with Crippen molar-refractivity contribution in [3.63, 3.8) is 0 Å². The molecule has 1 saturated heterocycles. The van der Waals surface area contributed by atoms with Gasteiger partial charge in [-0.2, -0.15) is 4.31 Å². The van der Waals surface area contributed by atoms with E-state index in [1.54, 1.807) is 41.2 Å². The Hall–Kier alpha value is -2.19. The fourth-order valence-corrected chi connectivity index (χ4v) is 4.32. The summed E-state index contributed by atoms with van der Waals surface area (Å²) in [7, 11) is -3.50. The Morgan fingerprint density at radius 1 is 1.08 bits per heavy atom. The third-order valence-corrected chi connectivity index (χ3v) is 6.35. The van der Waals surface area contributed by atoms with Gasteiger partial charge in [0.25, 0.3) is 5.56 Å². The van der Waals surface area contributed by atoms with Crippen molar-refractivity contribution >= 4 is 15.8 Å². The summed E-state index contributed by atoms with van der Waals surface area (Å²) < 4.78 is 28.5. The van der Waals surface area contributed by atoms with E-state index in [0.717, 1.165) is 5.56 Å². The lowest BCUT2D eigenvalue weighted by atomic mass is 10.2. The lowest BCUT2D eigenvalue weighted by Gasteiger charge is -2.34. The molecule has 0 unspecified atom stereocenters. The minimum atomic E-state index is -3.50. The first-order valence-electron chi connectivity index (χ1n) is 8.30. The fourth-order valence-electron chi connectivity index (χ4n) is 2.90. The summed E-state index contributed by atoms with van der Waals surface area (Å²) >= 11 is 0. The van der Waals surface area contributed by atoms with Gasteiger partial charge in [0.15, 0.2) is 5.82 Å². The van der Waals surface area contributed by atoms with Crippen LogP contribution in [0.5, 0.6) is 0 Å². The monoisotopic (exact) mass is 362 g/mol. The number of anilines is 1. The molecule has 8 heteroatoms. The number of rotatable bonds is 4. The summed E-state index contributed by atoms with van der Waals surface area (Å²) in [6.07, 6.45) is 3.26. The number of aromatic nitrogens is 2. The largest absolute Gasteiger partial charge is 0.349 e. The van der Waals surface area contributed by atoms with Crippen LogP contribution in [-0.4, -0.2) is 48.5 Å². The van der Waals surface area contributed by atoms with Crippen LogP contribution in [0.25, 0.3) is 0 Å². The van der Waals surface area contributed by atoms with Gasteiger partial charge in [0, 0.05) is 45.1 Å². The van der Waals surface area contributed by atoms with Crippen molar-refractivity contribution in [2.75, 3.05) is 31.1 Å². The normalized spacial score (nSPS) is 16.2. The molecule has 0 spiro atoms. The predicted molar refractivity (Wildman–Crippen MR) is 96.3 cm³/mol. The van der Waals surface area contributed by atoms with E-state index in [1.807, 2.05) is 18.7 Å². The molecule has 1 aromatic carbocycles. The molecule has 0 bridgehead atoms. The average Bonchev–Trinajstić information content (AvgIpc) is 2.62. The lowest BCUT2D eigenvalue weighted by molar-refractivity contribution is 0.383. The van der Waals surface area contributed by atoms with E-state index in [0.29, 0.717) is 43.4 Å². The molecule has 1 aromatic heterocycles. The Morgan fingerprint density at radius 2 is 1.72 bits per heavy atom. The number of hydrogen-bond acceptors (Lipinski definition) is 5. The summed E-state index contributed by atoms with van der Waals surface area (Å²) in [5, 5.41) is 0.